The first kappa shape index (κ1) is 16.2. The van der Waals surface area contributed by atoms with Crippen LogP contribution in [0.3, 0.4) is 0 Å². The summed E-state index contributed by atoms with van der Waals surface area (Å²) in [5, 5.41) is 3.10. The monoisotopic (exact) mass is 327 g/mol. The molecule has 0 radical (unpaired) electrons. The van der Waals surface area contributed by atoms with Crippen LogP contribution in [0.5, 0.6) is 17.2 Å². The van der Waals surface area contributed by atoms with E-state index in [4.69, 9.17) is 14.2 Å². The normalized spacial score (nSPS) is 15.8. The van der Waals surface area contributed by atoms with Crippen LogP contribution in [-0.4, -0.2) is 26.7 Å². The van der Waals surface area contributed by atoms with Crippen LogP contribution in [0.1, 0.15) is 23.6 Å². The van der Waals surface area contributed by atoms with Gasteiger partial charge in [-0.05, 0) is 12.1 Å². The van der Waals surface area contributed by atoms with Crippen LogP contribution in [0.25, 0.3) is 0 Å². The van der Waals surface area contributed by atoms with Crippen LogP contribution in [0.2, 0.25) is 0 Å². The number of fused-ring (bicyclic) bond motifs is 1. The summed E-state index contributed by atoms with van der Waals surface area (Å²) in [7, 11) is 3.19. The summed E-state index contributed by atoms with van der Waals surface area (Å²) >= 11 is 0. The number of rotatable bonds is 5. The van der Waals surface area contributed by atoms with Gasteiger partial charge in [-0.15, -0.1) is 0 Å². The molecule has 5 heteroatoms. The molecule has 0 bridgehead atoms. The van der Waals surface area contributed by atoms with Crippen molar-refractivity contribution < 1.29 is 19.0 Å². The SMILES string of the molecule is COc1ccc(CC(=O)NC2CCOc3ccccc32)c(OC)c1. The van der Waals surface area contributed by atoms with Crippen molar-refractivity contribution in [2.75, 3.05) is 20.8 Å². The molecule has 0 fully saturated rings. The van der Waals surface area contributed by atoms with Crippen LogP contribution < -0.4 is 19.5 Å². The van der Waals surface area contributed by atoms with E-state index in [1.165, 1.54) is 0 Å². The van der Waals surface area contributed by atoms with E-state index in [1.807, 2.05) is 36.4 Å². The summed E-state index contributed by atoms with van der Waals surface area (Å²) in [4.78, 5) is 12.5. The third-order valence-electron chi connectivity index (χ3n) is 4.14. The first-order chi connectivity index (χ1) is 11.7. The molecule has 0 aliphatic carbocycles. The predicted octanol–water partition coefficient (Wildman–Crippen LogP) is 2.89. The number of ether oxygens (including phenoxy) is 3. The highest BCUT2D eigenvalue weighted by atomic mass is 16.5. The lowest BCUT2D eigenvalue weighted by Crippen LogP contribution is -2.33. The lowest BCUT2D eigenvalue weighted by Gasteiger charge is -2.26. The Morgan fingerprint density at radius 1 is 1.21 bits per heavy atom. The molecule has 5 nitrogen and oxygen atoms in total. The molecule has 1 N–H and O–H groups in total. The number of nitrogens with one attached hydrogen (secondary N) is 1. The first-order valence-electron chi connectivity index (χ1n) is 7.93. The maximum atomic E-state index is 12.5. The molecule has 0 spiro atoms. The van der Waals surface area contributed by atoms with Gasteiger partial charge < -0.3 is 19.5 Å². The van der Waals surface area contributed by atoms with Crippen molar-refractivity contribution in [2.24, 2.45) is 0 Å². The van der Waals surface area contributed by atoms with Gasteiger partial charge in [0.1, 0.15) is 17.2 Å². The molecule has 2 aromatic carbocycles. The summed E-state index contributed by atoms with van der Waals surface area (Å²) in [5.74, 6) is 2.16. The number of methoxy groups -OCH3 is 2. The largest absolute Gasteiger partial charge is 0.497 e. The van der Waals surface area contributed by atoms with Gasteiger partial charge in [0.15, 0.2) is 0 Å². The van der Waals surface area contributed by atoms with Gasteiger partial charge in [-0.2, -0.15) is 0 Å². The highest BCUT2D eigenvalue weighted by Crippen LogP contribution is 2.32. The van der Waals surface area contributed by atoms with Gasteiger partial charge in [-0.1, -0.05) is 24.3 Å². The minimum Gasteiger partial charge on any atom is -0.497 e. The van der Waals surface area contributed by atoms with Crippen molar-refractivity contribution >= 4 is 5.91 Å². The zero-order chi connectivity index (χ0) is 16.9. The number of carbonyl (C=O) groups excluding carboxylic acids is 1. The van der Waals surface area contributed by atoms with E-state index in [1.54, 1.807) is 20.3 Å². The molecule has 0 aromatic heterocycles. The van der Waals surface area contributed by atoms with E-state index >= 15 is 0 Å². The van der Waals surface area contributed by atoms with E-state index in [9.17, 15) is 4.79 Å². The number of benzene rings is 2. The second-order valence-corrected chi connectivity index (χ2v) is 5.65. The maximum Gasteiger partial charge on any atom is 0.225 e. The fourth-order valence-electron chi connectivity index (χ4n) is 2.91. The Kier molecular flexibility index (Phi) is 4.89. The van der Waals surface area contributed by atoms with Crippen molar-refractivity contribution in [3.63, 3.8) is 0 Å². The van der Waals surface area contributed by atoms with Crippen LogP contribution in [-0.2, 0) is 11.2 Å². The van der Waals surface area contributed by atoms with Gasteiger partial charge in [-0.25, -0.2) is 0 Å². The van der Waals surface area contributed by atoms with E-state index in [0.29, 0.717) is 18.1 Å². The Hall–Kier alpha value is -2.69. The highest BCUT2D eigenvalue weighted by Gasteiger charge is 2.23. The Morgan fingerprint density at radius 3 is 2.83 bits per heavy atom. The molecule has 1 unspecified atom stereocenters. The fraction of sp³-hybridized carbons (Fsp3) is 0.316. The molecular formula is C19H21NO4. The molecule has 1 amide bonds. The van der Waals surface area contributed by atoms with E-state index in [-0.39, 0.29) is 18.4 Å². The van der Waals surface area contributed by atoms with Crippen molar-refractivity contribution in [3.8, 4) is 17.2 Å². The van der Waals surface area contributed by atoms with Gasteiger partial charge >= 0.3 is 0 Å². The summed E-state index contributed by atoms with van der Waals surface area (Å²) in [5.41, 5.74) is 1.86. The van der Waals surface area contributed by atoms with E-state index < -0.39 is 0 Å². The average Bonchev–Trinajstić information content (AvgIpc) is 2.62. The Labute approximate surface area is 141 Å². The quantitative estimate of drug-likeness (QED) is 0.917. The lowest BCUT2D eigenvalue weighted by atomic mass is 10.00. The molecule has 126 valence electrons. The van der Waals surface area contributed by atoms with Gasteiger partial charge in [0.2, 0.25) is 5.91 Å². The van der Waals surface area contributed by atoms with Crippen LogP contribution in [0.4, 0.5) is 0 Å². The van der Waals surface area contributed by atoms with Gasteiger partial charge in [0.05, 0.1) is 33.3 Å². The molecule has 0 saturated heterocycles. The number of carbonyl (C=O) groups is 1. The fourth-order valence-corrected chi connectivity index (χ4v) is 2.91. The predicted molar refractivity (Wildman–Crippen MR) is 90.7 cm³/mol. The number of hydrogen-bond acceptors (Lipinski definition) is 4. The Balaban J connectivity index is 1.71. The minimum atomic E-state index is -0.0415. The lowest BCUT2D eigenvalue weighted by molar-refractivity contribution is -0.121. The first-order valence-corrected chi connectivity index (χ1v) is 7.93. The summed E-state index contributed by atoms with van der Waals surface area (Å²) in [6.45, 7) is 0.605. The minimum absolute atomic E-state index is 0.0216. The van der Waals surface area contributed by atoms with E-state index in [2.05, 4.69) is 5.32 Å². The molecule has 1 aliphatic heterocycles. The van der Waals surface area contributed by atoms with Crippen LogP contribution in [0, 0.1) is 0 Å². The Morgan fingerprint density at radius 2 is 2.04 bits per heavy atom. The molecule has 1 atom stereocenters. The van der Waals surface area contributed by atoms with E-state index in [0.717, 1.165) is 23.3 Å². The number of para-hydroxylation sites is 1. The topological polar surface area (TPSA) is 56.8 Å². The second kappa shape index (κ2) is 7.25. The highest BCUT2D eigenvalue weighted by molar-refractivity contribution is 5.80. The van der Waals surface area contributed by atoms with Crippen molar-refractivity contribution in [3.05, 3.63) is 53.6 Å². The molecule has 2 aromatic rings. The molecule has 1 heterocycles. The van der Waals surface area contributed by atoms with Gasteiger partial charge in [0, 0.05) is 23.6 Å². The zero-order valence-corrected chi connectivity index (χ0v) is 13.9. The molecule has 24 heavy (non-hydrogen) atoms. The van der Waals surface area contributed by atoms with Crippen molar-refractivity contribution in [2.45, 2.75) is 18.9 Å². The molecular weight excluding hydrogens is 306 g/mol. The average molecular weight is 327 g/mol. The molecule has 0 saturated carbocycles. The number of hydrogen-bond donors (Lipinski definition) is 1. The summed E-state index contributed by atoms with van der Waals surface area (Å²) < 4.78 is 16.2. The second-order valence-electron chi connectivity index (χ2n) is 5.65. The third-order valence-corrected chi connectivity index (χ3v) is 4.14. The smallest absolute Gasteiger partial charge is 0.225 e. The molecule has 3 rings (SSSR count). The van der Waals surface area contributed by atoms with Gasteiger partial charge in [0.25, 0.3) is 0 Å². The molecule has 1 aliphatic rings. The maximum absolute atomic E-state index is 12.5. The van der Waals surface area contributed by atoms with Crippen molar-refractivity contribution in [1.29, 1.82) is 0 Å². The summed E-state index contributed by atoms with van der Waals surface area (Å²) in [6, 6.07) is 13.3. The standard InChI is InChI=1S/C19H21NO4/c1-22-14-8-7-13(18(12-14)23-2)11-19(21)20-16-9-10-24-17-6-4-3-5-15(16)17/h3-8,12,16H,9-11H2,1-2H3,(H,20,21). The third kappa shape index (κ3) is 3.45. The van der Waals surface area contributed by atoms with Crippen molar-refractivity contribution in [1.82, 2.24) is 5.32 Å². The summed E-state index contributed by atoms with van der Waals surface area (Å²) in [6.07, 6.45) is 1.02. The van der Waals surface area contributed by atoms with Gasteiger partial charge in [-0.3, -0.25) is 4.79 Å². The van der Waals surface area contributed by atoms with Crippen LogP contribution >= 0.6 is 0 Å². The van der Waals surface area contributed by atoms with Crippen LogP contribution in [0.15, 0.2) is 42.5 Å². The number of amides is 1. The zero-order valence-electron chi connectivity index (χ0n) is 13.9. The Bertz CT molecular complexity index is 729.